The van der Waals surface area contributed by atoms with Crippen LogP contribution in [0.4, 0.5) is 0 Å². The predicted octanol–water partition coefficient (Wildman–Crippen LogP) is 2.68. The van der Waals surface area contributed by atoms with Gasteiger partial charge in [0.05, 0.1) is 21.7 Å². The van der Waals surface area contributed by atoms with Gasteiger partial charge in [-0.3, -0.25) is 9.59 Å². The number of amides is 2. The number of rotatable bonds is 4. The Morgan fingerprint density at radius 1 is 1.29 bits per heavy atom. The van der Waals surface area contributed by atoms with Crippen molar-refractivity contribution in [1.29, 1.82) is 0 Å². The summed E-state index contributed by atoms with van der Waals surface area (Å²) in [4.78, 5) is 30.7. The lowest BCUT2D eigenvalue weighted by atomic mass is 10.3. The fourth-order valence-corrected chi connectivity index (χ4v) is 4.65. The smallest absolute Gasteiger partial charge is 0.258 e. The second-order valence-corrected chi connectivity index (χ2v) is 8.07. The van der Waals surface area contributed by atoms with E-state index in [9.17, 15) is 9.59 Å². The number of aryl methyl sites for hydroxylation is 1. The number of hydrogen-bond acceptors (Lipinski definition) is 4. The summed E-state index contributed by atoms with van der Waals surface area (Å²) in [5.41, 5.74) is 0.993. The highest BCUT2D eigenvalue weighted by atomic mass is 35.5. The van der Waals surface area contributed by atoms with Gasteiger partial charge < -0.3 is 9.47 Å². The Hall–Kier alpha value is -1.31. The number of thioether (sulfide) groups is 1. The van der Waals surface area contributed by atoms with Crippen LogP contribution in [0, 0.1) is 0 Å². The molecule has 1 aromatic heterocycles. The highest BCUT2D eigenvalue weighted by Crippen LogP contribution is 2.21. The molecule has 1 saturated heterocycles. The monoisotopic (exact) mass is 383 g/mol. The maximum Gasteiger partial charge on any atom is 0.258 e. The van der Waals surface area contributed by atoms with E-state index >= 15 is 0 Å². The predicted molar refractivity (Wildman–Crippen MR) is 99.5 cm³/mol. The van der Waals surface area contributed by atoms with Crippen molar-refractivity contribution in [1.82, 2.24) is 9.47 Å². The zero-order valence-corrected chi connectivity index (χ0v) is 15.7. The van der Waals surface area contributed by atoms with Crippen LogP contribution < -0.4 is 4.80 Å². The summed E-state index contributed by atoms with van der Waals surface area (Å²) in [6.07, 6.45) is 2.16. The molecule has 1 aliphatic heterocycles. The third-order valence-electron chi connectivity index (χ3n) is 3.90. The van der Waals surface area contributed by atoms with Crippen molar-refractivity contribution in [2.24, 2.45) is 12.0 Å². The summed E-state index contributed by atoms with van der Waals surface area (Å²) in [6.45, 7) is 1.69. The summed E-state index contributed by atoms with van der Waals surface area (Å²) >= 11 is 8.76. The van der Waals surface area contributed by atoms with Crippen LogP contribution in [0.2, 0.25) is 5.02 Å². The van der Waals surface area contributed by atoms with E-state index in [1.165, 1.54) is 23.1 Å². The second kappa shape index (κ2) is 7.72. The van der Waals surface area contributed by atoms with Gasteiger partial charge in [0.25, 0.3) is 5.91 Å². The molecule has 1 fully saturated rings. The Kier molecular flexibility index (Phi) is 5.63. The molecule has 2 aromatic rings. The van der Waals surface area contributed by atoms with Gasteiger partial charge in [-0.1, -0.05) is 22.9 Å². The summed E-state index contributed by atoms with van der Waals surface area (Å²) in [7, 11) is 1.88. The van der Waals surface area contributed by atoms with Crippen molar-refractivity contribution >= 4 is 56.7 Å². The lowest BCUT2D eigenvalue weighted by Crippen LogP contribution is -2.29. The Morgan fingerprint density at radius 2 is 2.04 bits per heavy atom. The topological polar surface area (TPSA) is 54.7 Å². The molecular weight excluding hydrogens is 366 g/mol. The number of hydrogen-bond donors (Lipinski definition) is 0. The molecule has 0 atom stereocenters. The van der Waals surface area contributed by atoms with Crippen molar-refractivity contribution in [3.63, 3.8) is 0 Å². The number of likely N-dealkylation sites (tertiary alicyclic amines) is 1. The minimum atomic E-state index is -0.220. The maximum atomic E-state index is 12.1. The second-order valence-electron chi connectivity index (χ2n) is 5.64. The van der Waals surface area contributed by atoms with E-state index in [-0.39, 0.29) is 17.6 Å². The largest absolute Gasteiger partial charge is 0.342 e. The zero-order valence-electron chi connectivity index (χ0n) is 13.3. The molecule has 2 amide bonds. The molecule has 0 saturated carbocycles. The molecule has 0 radical (unpaired) electrons. The Bertz CT molecular complexity index is 837. The van der Waals surface area contributed by atoms with Crippen molar-refractivity contribution in [2.45, 2.75) is 12.8 Å². The lowest BCUT2D eigenvalue weighted by molar-refractivity contribution is -0.127. The van der Waals surface area contributed by atoms with Crippen LogP contribution in [0.15, 0.2) is 23.2 Å². The molecule has 0 bridgehead atoms. The van der Waals surface area contributed by atoms with Gasteiger partial charge in [0.1, 0.15) is 0 Å². The van der Waals surface area contributed by atoms with Gasteiger partial charge in [-0.05, 0) is 31.0 Å². The Labute approximate surface area is 153 Å². The van der Waals surface area contributed by atoms with Gasteiger partial charge in [0.2, 0.25) is 5.91 Å². The van der Waals surface area contributed by atoms with E-state index in [2.05, 4.69) is 4.99 Å². The number of aromatic nitrogens is 1. The summed E-state index contributed by atoms with van der Waals surface area (Å²) in [6, 6.07) is 5.61. The van der Waals surface area contributed by atoms with E-state index in [1.807, 2.05) is 34.7 Å². The molecule has 3 rings (SSSR count). The number of carbonyl (C=O) groups excluding carboxylic acids is 2. The van der Waals surface area contributed by atoms with E-state index in [0.717, 1.165) is 36.1 Å². The third-order valence-corrected chi connectivity index (χ3v) is 6.13. The quantitative estimate of drug-likeness (QED) is 0.815. The lowest BCUT2D eigenvalue weighted by Gasteiger charge is -2.14. The number of thiazole rings is 1. The van der Waals surface area contributed by atoms with Crippen molar-refractivity contribution in [3.05, 3.63) is 28.0 Å². The fraction of sp³-hybridized carbons (Fsp3) is 0.438. The van der Waals surface area contributed by atoms with Crippen LogP contribution in [0.3, 0.4) is 0 Å². The van der Waals surface area contributed by atoms with E-state index in [4.69, 9.17) is 11.6 Å². The van der Waals surface area contributed by atoms with Crippen molar-refractivity contribution in [2.75, 3.05) is 24.6 Å². The standard InChI is InChI=1S/C16H18ClN3O2S2/c1-19-12-5-4-11(17)8-13(12)24-16(19)18-14(21)9-23-10-15(22)20-6-2-3-7-20/h4-5,8H,2-3,6-7,9-10H2,1H3. The third kappa shape index (κ3) is 4.02. The average Bonchev–Trinajstić information content (AvgIpc) is 3.16. The molecule has 8 heteroatoms. The van der Waals surface area contributed by atoms with Crippen LogP contribution in [0.1, 0.15) is 12.8 Å². The van der Waals surface area contributed by atoms with Crippen LogP contribution in [0.25, 0.3) is 10.2 Å². The van der Waals surface area contributed by atoms with Gasteiger partial charge in [-0.2, -0.15) is 4.99 Å². The molecule has 0 spiro atoms. The van der Waals surface area contributed by atoms with Crippen molar-refractivity contribution < 1.29 is 9.59 Å². The van der Waals surface area contributed by atoms with Gasteiger partial charge in [0.15, 0.2) is 4.80 Å². The number of benzene rings is 1. The molecule has 128 valence electrons. The van der Waals surface area contributed by atoms with E-state index in [1.54, 1.807) is 0 Å². The van der Waals surface area contributed by atoms with Gasteiger partial charge in [-0.25, -0.2) is 0 Å². The summed E-state index contributed by atoms with van der Waals surface area (Å²) in [5.74, 6) is 0.458. The number of halogens is 1. The van der Waals surface area contributed by atoms with E-state index in [0.29, 0.717) is 15.6 Å². The molecule has 5 nitrogen and oxygen atoms in total. The molecule has 0 aliphatic carbocycles. The average molecular weight is 384 g/mol. The molecule has 0 unspecified atom stereocenters. The minimum absolute atomic E-state index is 0.118. The highest BCUT2D eigenvalue weighted by molar-refractivity contribution is 8.00. The molecular formula is C16H18ClN3O2S2. The molecule has 1 aliphatic rings. The Morgan fingerprint density at radius 3 is 2.79 bits per heavy atom. The van der Waals surface area contributed by atoms with Gasteiger partial charge in [-0.15, -0.1) is 11.8 Å². The van der Waals surface area contributed by atoms with Crippen LogP contribution in [0.5, 0.6) is 0 Å². The summed E-state index contributed by atoms with van der Waals surface area (Å²) in [5, 5.41) is 0.665. The number of carbonyl (C=O) groups is 2. The zero-order chi connectivity index (χ0) is 17.1. The van der Waals surface area contributed by atoms with Crippen LogP contribution in [-0.2, 0) is 16.6 Å². The van der Waals surface area contributed by atoms with Gasteiger partial charge in [0, 0.05) is 25.2 Å². The first-order chi connectivity index (χ1) is 11.5. The van der Waals surface area contributed by atoms with Crippen LogP contribution in [-0.4, -0.2) is 45.9 Å². The van der Waals surface area contributed by atoms with E-state index < -0.39 is 0 Å². The first-order valence-electron chi connectivity index (χ1n) is 7.73. The fourth-order valence-electron chi connectivity index (χ4n) is 2.64. The first kappa shape index (κ1) is 17.5. The minimum Gasteiger partial charge on any atom is -0.342 e. The molecule has 24 heavy (non-hydrogen) atoms. The molecule has 1 aromatic carbocycles. The normalized spacial score (nSPS) is 15.4. The molecule has 2 heterocycles. The van der Waals surface area contributed by atoms with Crippen LogP contribution >= 0.6 is 34.7 Å². The van der Waals surface area contributed by atoms with Crippen molar-refractivity contribution in [3.8, 4) is 0 Å². The Balaban J connectivity index is 1.62. The van der Waals surface area contributed by atoms with Gasteiger partial charge >= 0.3 is 0 Å². The molecule has 0 N–H and O–H groups in total. The number of fused-ring (bicyclic) bond motifs is 1. The maximum absolute atomic E-state index is 12.1. The highest BCUT2D eigenvalue weighted by Gasteiger charge is 2.17. The summed E-state index contributed by atoms with van der Waals surface area (Å²) < 4.78 is 2.88. The first-order valence-corrected chi connectivity index (χ1v) is 10.1. The number of nitrogens with zero attached hydrogens (tertiary/aromatic N) is 3. The SMILES string of the molecule is Cn1c(=NC(=O)CSCC(=O)N2CCCC2)sc2cc(Cl)ccc21.